The van der Waals surface area contributed by atoms with Crippen LogP contribution in [0.1, 0.15) is 12.8 Å². The Labute approximate surface area is 266 Å². The zero-order valence-corrected chi connectivity index (χ0v) is 27.3. The van der Waals surface area contributed by atoms with Crippen molar-refractivity contribution in [1.29, 1.82) is 0 Å². The van der Waals surface area contributed by atoms with E-state index >= 15 is 0 Å². The Balaban J connectivity index is 0.000000308. The van der Waals surface area contributed by atoms with Crippen molar-refractivity contribution in [3.05, 3.63) is 146 Å². The van der Waals surface area contributed by atoms with Gasteiger partial charge in [0.25, 0.3) is 0 Å². The maximum atomic E-state index is 8.49. The molecular formula is C34H34ClO4P2Rh-. The maximum Gasteiger partial charge on any atom is 0 e. The Morgan fingerprint density at radius 3 is 0.905 bits per heavy atom. The first-order chi connectivity index (χ1) is 19.9. The van der Waals surface area contributed by atoms with Gasteiger partial charge in [0.05, 0.1) is 0 Å². The third-order valence-electron chi connectivity index (χ3n) is 6.79. The first kappa shape index (κ1) is 34.5. The molecule has 0 spiro atoms. The molecule has 0 aromatic heterocycles. The third-order valence-corrected chi connectivity index (χ3v) is 12.0. The van der Waals surface area contributed by atoms with Crippen molar-refractivity contribution < 1.29 is 48.4 Å². The van der Waals surface area contributed by atoms with Gasteiger partial charge < -0.3 is 0 Å². The maximum absolute atomic E-state index is 8.49. The van der Waals surface area contributed by atoms with Crippen LogP contribution in [0.15, 0.2) is 146 Å². The molecule has 0 unspecified atom stereocenters. The van der Waals surface area contributed by atoms with Gasteiger partial charge in [-0.15, -0.1) is 10.2 Å². The molecule has 0 atom stereocenters. The van der Waals surface area contributed by atoms with Crippen molar-refractivity contribution in [2.45, 2.75) is 12.8 Å². The number of hydrogen-bond acceptors (Lipinski definition) is 4. The van der Waals surface area contributed by atoms with Crippen LogP contribution in [0.4, 0.5) is 0 Å². The average molecular weight is 707 g/mol. The predicted octanol–water partition coefficient (Wildman–Crippen LogP) is 2.63. The zero-order chi connectivity index (χ0) is 28.9. The molecule has 221 valence electrons. The van der Waals surface area contributed by atoms with E-state index in [9.17, 15) is 0 Å². The van der Waals surface area contributed by atoms with E-state index in [1.165, 1.54) is 46.4 Å². The summed E-state index contributed by atoms with van der Waals surface area (Å²) in [4.78, 5) is 0. The van der Waals surface area contributed by atoms with Crippen molar-refractivity contribution in [3.8, 4) is 0 Å². The van der Waals surface area contributed by atoms with E-state index in [0.717, 1.165) is 11.8 Å². The fourth-order valence-electron chi connectivity index (χ4n) is 4.96. The average Bonchev–Trinajstić information content (AvgIpc) is 3.65. The van der Waals surface area contributed by atoms with E-state index in [1.54, 1.807) is 0 Å². The first-order valence-corrected chi connectivity index (χ1v) is 17.9. The molecule has 0 saturated heterocycles. The summed E-state index contributed by atoms with van der Waals surface area (Å²) in [5.74, 6) is 1.62. The monoisotopic (exact) mass is 706 g/mol. The Bertz CT molecular complexity index is 1160. The van der Waals surface area contributed by atoms with Gasteiger partial charge in [0.15, 0.2) is 0 Å². The minimum Gasteiger partial charge on any atom is -0.222 e. The van der Waals surface area contributed by atoms with Gasteiger partial charge in [-0.2, -0.15) is 0 Å². The third kappa shape index (κ3) is 11.9. The quantitative estimate of drug-likeness (QED) is 0.160. The molecule has 0 fully saturated rings. The van der Waals surface area contributed by atoms with Crippen molar-refractivity contribution in [1.82, 2.24) is 0 Å². The van der Waals surface area contributed by atoms with Crippen LogP contribution >= 0.6 is 15.8 Å². The summed E-state index contributed by atoms with van der Waals surface area (Å²) in [6, 6.07) is 44.3. The van der Waals surface area contributed by atoms with Crippen LogP contribution < -0.4 is 39.9 Å². The van der Waals surface area contributed by atoms with Gasteiger partial charge in [0.2, 0.25) is 0 Å². The van der Waals surface area contributed by atoms with Crippen LogP contribution in [0.3, 0.4) is 0 Å². The molecule has 2 aliphatic rings. The Morgan fingerprint density at radius 2 is 0.714 bits per heavy atom. The largest absolute Gasteiger partial charge is 0.222 e. The Kier molecular flexibility index (Phi) is 14.7. The molecule has 0 amide bonds. The predicted molar refractivity (Wildman–Crippen MR) is 162 cm³/mol. The molecule has 2 aliphatic carbocycles. The standard InChI is InChI=1S/C27H26P2.C7H8.ClHO4.Rh/c1-5-14-24(15-6-1)28(25-16-7-2-8-17-25)22-13-23-29(26-18-9-3-10-19-26)27-20-11-4-12-21-27;1-2-7-4-3-6(1)5-7;2-1(3,4)5;/h1-12,14-21H,13,22-23H2;1-4,6-7H,5H2;(H,2,3,4,5);/p-1. The summed E-state index contributed by atoms with van der Waals surface area (Å²) in [5, 5.41) is 5.94. The van der Waals surface area contributed by atoms with Crippen molar-refractivity contribution >= 4 is 37.1 Å². The molecule has 42 heavy (non-hydrogen) atoms. The molecule has 8 heteroatoms. The normalized spacial score (nSPS) is 16.3. The smallest absolute Gasteiger partial charge is 0 e. The Hall–Kier alpha value is -2.03. The van der Waals surface area contributed by atoms with Crippen molar-refractivity contribution in [2.24, 2.45) is 11.8 Å². The number of halogens is 1. The molecular weight excluding hydrogens is 673 g/mol. The van der Waals surface area contributed by atoms with E-state index in [4.69, 9.17) is 18.6 Å². The van der Waals surface area contributed by atoms with E-state index in [-0.39, 0.29) is 35.3 Å². The summed E-state index contributed by atoms with van der Waals surface area (Å²) in [6.07, 6.45) is 14.3. The van der Waals surface area contributed by atoms with Gasteiger partial charge in [0.1, 0.15) is 0 Å². The van der Waals surface area contributed by atoms with E-state index in [2.05, 4.69) is 146 Å². The number of rotatable bonds is 8. The van der Waals surface area contributed by atoms with Crippen molar-refractivity contribution in [2.75, 3.05) is 12.3 Å². The summed E-state index contributed by atoms with van der Waals surface area (Å²) < 4.78 is 34.0. The summed E-state index contributed by atoms with van der Waals surface area (Å²) >= 11 is 0. The summed E-state index contributed by atoms with van der Waals surface area (Å²) in [7, 11) is -5.56. The Morgan fingerprint density at radius 1 is 0.476 bits per heavy atom. The number of allylic oxidation sites excluding steroid dienone is 4. The first-order valence-electron chi connectivity index (χ1n) is 13.6. The van der Waals surface area contributed by atoms with Crippen LogP contribution in [-0.4, -0.2) is 12.3 Å². The van der Waals surface area contributed by atoms with Crippen LogP contribution in [0.25, 0.3) is 0 Å². The van der Waals surface area contributed by atoms with Gasteiger partial charge >= 0.3 is 0 Å². The fourth-order valence-corrected chi connectivity index (χ4v) is 9.92. The van der Waals surface area contributed by atoms with Crippen molar-refractivity contribution in [3.63, 3.8) is 0 Å². The van der Waals surface area contributed by atoms with E-state index in [0.29, 0.717) is 0 Å². The zero-order valence-electron chi connectivity index (χ0n) is 23.1. The van der Waals surface area contributed by atoms with Gasteiger partial charge in [-0.3, -0.25) is 0 Å². The summed E-state index contributed by atoms with van der Waals surface area (Å²) in [6.45, 7) is 0. The molecule has 4 nitrogen and oxygen atoms in total. The van der Waals surface area contributed by atoms with Crippen LogP contribution in [0.5, 0.6) is 0 Å². The minimum atomic E-state index is -4.94. The number of fused-ring (bicyclic) bond motifs is 2. The molecule has 4 aromatic carbocycles. The molecule has 0 heterocycles. The number of hydrogen-bond donors (Lipinski definition) is 0. The fraction of sp³-hybridized carbons (Fsp3) is 0.176. The van der Waals surface area contributed by atoms with Crippen LogP contribution in [0, 0.1) is 22.1 Å². The second-order valence-electron chi connectivity index (χ2n) is 9.71. The SMILES string of the molecule is C1=CC2C=CC1C2.[O-][Cl+3]([O-])([O-])[O-].[Rh].c1ccc(P(CCCP(c2ccccc2)c2ccccc2)c2ccccc2)cc1. The molecule has 0 saturated carbocycles. The summed E-state index contributed by atoms with van der Waals surface area (Å²) in [5.41, 5.74) is 0. The van der Waals surface area contributed by atoms with Crippen LogP contribution in [-0.2, 0) is 19.5 Å². The van der Waals surface area contributed by atoms with E-state index < -0.39 is 10.2 Å². The van der Waals surface area contributed by atoms with Gasteiger partial charge in [-0.25, -0.2) is 18.6 Å². The minimum absolute atomic E-state index is 0. The molecule has 0 aliphatic heterocycles. The molecule has 2 bridgehead atoms. The molecule has 1 radical (unpaired) electrons. The number of benzene rings is 4. The molecule has 0 N–H and O–H groups in total. The topological polar surface area (TPSA) is 92.2 Å². The van der Waals surface area contributed by atoms with Gasteiger partial charge in [-0.1, -0.05) is 146 Å². The molecule has 6 rings (SSSR count). The van der Waals surface area contributed by atoms with Gasteiger partial charge in [0, 0.05) is 19.5 Å². The molecule has 4 aromatic rings. The van der Waals surface area contributed by atoms with E-state index in [1.807, 2.05) is 0 Å². The van der Waals surface area contributed by atoms with Gasteiger partial charge in [-0.05, 0) is 74.1 Å². The second-order valence-corrected chi connectivity index (χ2v) is 15.1. The second kappa shape index (κ2) is 17.9. The van der Waals surface area contributed by atoms with Crippen LogP contribution in [0.2, 0.25) is 0 Å².